The number of benzene rings is 1. The van der Waals surface area contributed by atoms with Gasteiger partial charge in [-0.25, -0.2) is 0 Å². The van der Waals surface area contributed by atoms with E-state index in [2.05, 4.69) is 5.32 Å². The minimum absolute atomic E-state index is 0.249. The van der Waals surface area contributed by atoms with Crippen molar-refractivity contribution < 1.29 is 14.3 Å². The second-order valence-electron chi connectivity index (χ2n) is 3.18. The molecule has 4 nitrogen and oxygen atoms in total. The summed E-state index contributed by atoms with van der Waals surface area (Å²) in [5.74, 6) is 0.774. The summed E-state index contributed by atoms with van der Waals surface area (Å²) < 4.78 is 10.2. The van der Waals surface area contributed by atoms with Gasteiger partial charge in [0.05, 0.1) is 24.9 Å². The lowest BCUT2D eigenvalue weighted by Gasteiger charge is -2.11. The molecule has 92 valence electrons. The smallest absolute Gasteiger partial charge is 0.248 e. The van der Waals surface area contributed by atoms with Gasteiger partial charge in [0.2, 0.25) is 5.91 Å². The minimum Gasteiger partial charge on any atom is -0.493 e. The Balaban J connectivity index is 3.04. The highest BCUT2D eigenvalue weighted by atomic mass is 35.5. The number of hydrogen-bond donors (Lipinski definition) is 1. The first-order valence-corrected chi connectivity index (χ1v) is 5.35. The van der Waals surface area contributed by atoms with Crippen LogP contribution in [0.3, 0.4) is 0 Å². The Morgan fingerprint density at radius 1 is 1.29 bits per heavy atom. The molecule has 17 heavy (non-hydrogen) atoms. The maximum absolute atomic E-state index is 11.4. The highest BCUT2D eigenvalue weighted by Crippen LogP contribution is 2.35. The average molecular weight is 256 g/mol. The van der Waals surface area contributed by atoms with Gasteiger partial charge in [0, 0.05) is 12.1 Å². The quantitative estimate of drug-likeness (QED) is 0.842. The van der Waals surface area contributed by atoms with E-state index in [9.17, 15) is 4.79 Å². The van der Waals surface area contributed by atoms with Crippen molar-refractivity contribution in [3.8, 4) is 11.5 Å². The van der Waals surface area contributed by atoms with Crippen molar-refractivity contribution in [3.05, 3.63) is 29.3 Å². The Bertz CT molecular complexity index is 444. The summed E-state index contributed by atoms with van der Waals surface area (Å²) in [6, 6.07) is 3.20. The van der Waals surface area contributed by atoms with E-state index in [1.54, 1.807) is 25.1 Å². The molecule has 0 fully saturated rings. The first kappa shape index (κ1) is 13.4. The standard InChI is InChI=1S/C12H14ClNO3/c1-4-5-12(15)14-9-7-11(17-3)10(16-2)6-8(9)13/h4-7H,1-3H3,(H,14,15). The number of carbonyl (C=O) groups excluding carboxylic acids is 1. The molecule has 0 spiro atoms. The van der Waals surface area contributed by atoms with E-state index in [0.717, 1.165) is 0 Å². The van der Waals surface area contributed by atoms with Crippen LogP contribution in [0.5, 0.6) is 11.5 Å². The highest BCUT2D eigenvalue weighted by molar-refractivity contribution is 6.34. The Kier molecular flexibility index (Phi) is 4.84. The summed E-state index contributed by atoms with van der Waals surface area (Å²) in [7, 11) is 3.04. The van der Waals surface area contributed by atoms with E-state index in [4.69, 9.17) is 21.1 Å². The molecule has 0 radical (unpaired) electrons. The van der Waals surface area contributed by atoms with Crippen molar-refractivity contribution >= 4 is 23.2 Å². The third-order valence-electron chi connectivity index (χ3n) is 2.05. The molecule has 0 heterocycles. The molecule has 0 aromatic heterocycles. The molecule has 0 unspecified atom stereocenters. The fourth-order valence-corrected chi connectivity index (χ4v) is 1.48. The molecule has 1 N–H and O–H groups in total. The molecule has 0 aliphatic rings. The summed E-state index contributed by atoms with van der Waals surface area (Å²) in [5.41, 5.74) is 0.479. The van der Waals surface area contributed by atoms with E-state index in [1.807, 2.05) is 0 Å². The molecule has 1 aromatic rings. The minimum atomic E-state index is -0.249. The monoisotopic (exact) mass is 255 g/mol. The van der Waals surface area contributed by atoms with Crippen LogP contribution in [0.4, 0.5) is 5.69 Å². The number of allylic oxidation sites excluding steroid dienone is 1. The first-order chi connectivity index (χ1) is 8.12. The highest BCUT2D eigenvalue weighted by Gasteiger charge is 2.10. The lowest BCUT2D eigenvalue weighted by molar-refractivity contribution is -0.111. The molecule has 0 atom stereocenters. The number of carbonyl (C=O) groups is 1. The molecular formula is C12H14ClNO3. The molecule has 1 rings (SSSR count). The number of rotatable bonds is 4. The van der Waals surface area contributed by atoms with Gasteiger partial charge in [0.25, 0.3) is 0 Å². The van der Waals surface area contributed by atoms with Gasteiger partial charge in [-0.05, 0) is 13.0 Å². The van der Waals surface area contributed by atoms with E-state index in [0.29, 0.717) is 22.2 Å². The van der Waals surface area contributed by atoms with Gasteiger partial charge in [-0.1, -0.05) is 17.7 Å². The molecule has 0 aliphatic heterocycles. The van der Waals surface area contributed by atoms with Gasteiger partial charge in [0.1, 0.15) is 0 Å². The zero-order valence-corrected chi connectivity index (χ0v) is 10.7. The predicted octanol–water partition coefficient (Wildman–Crippen LogP) is 2.87. The fourth-order valence-electron chi connectivity index (χ4n) is 1.28. The third kappa shape index (κ3) is 3.39. The number of nitrogens with one attached hydrogen (secondary N) is 1. The fraction of sp³-hybridized carbons (Fsp3) is 0.250. The zero-order valence-electron chi connectivity index (χ0n) is 9.91. The van der Waals surface area contributed by atoms with E-state index in [-0.39, 0.29) is 5.91 Å². The van der Waals surface area contributed by atoms with E-state index in [1.165, 1.54) is 20.3 Å². The van der Waals surface area contributed by atoms with Crippen LogP contribution in [0.1, 0.15) is 6.92 Å². The molecule has 0 saturated carbocycles. The van der Waals surface area contributed by atoms with E-state index < -0.39 is 0 Å². The van der Waals surface area contributed by atoms with Gasteiger partial charge >= 0.3 is 0 Å². The zero-order chi connectivity index (χ0) is 12.8. The topological polar surface area (TPSA) is 47.6 Å². The average Bonchev–Trinajstić information content (AvgIpc) is 2.31. The van der Waals surface area contributed by atoms with Crippen LogP contribution in [0.25, 0.3) is 0 Å². The predicted molar refractivity (Wildman–Crippen MR) is 68.0 cm³/mol. The molecule has 5 heteroatoms. The number of hydrogen-bond acceptors (Lipinski definition) is 3. The number of ether oxygens (including phenoxy) is 2. The van der Waals surface area contributed by atoms with Crippen molar-refractivity contribution in [1.29, 1.82) is 0 Å². The van der Waals surface area contributed by atoms with Crippen LogP contribution in [0.15, 0.2) is 24.3 Å². The van der Waals surface area contributed by atoms with Gasteiger partial charge in [-0.2, -0.15) is 0 Å². The van der Waals surface area contributed by atoms with Gasteiger partial charge < -0.3 is 14.8 Å². The van der Waals surface area contributed by atoms with Crippen LogP contribution < -0.4 is 14.8 Å². The van der Waals surface area contributed by atoms with Crippen molar-refractivity contribution in [1.82, 2.24) is 0 Å². The maximum Gasteiger partial charge on any atom is 0.248 e. The second kappa shape index (κ2) is 6.15. The largest absolute Gasteiger partial charge is 0.493 e. The molecule has 0 bridgehead atoms. The maximum atomic E-state index is 11.4. The number of halogens is 1. The van der Waals surface area contributed by atoms with Gasteiger partial charge in [-0.15, -0.1) is 0 Å². The summed E-state index contributed by atoms with van der Waals surface area (Å²) in [6.07, 6.45) is 3.05. The van der Waals surface area contributed by atoms with Crippen LogP contribution in [0, 0.1) is 0 Å². The number of amides is 1. The normalized spacial score (nSPS) is 10.4. The number of methoxy groups -OCH3 is 2. The third-order valence-corrected chi connectivity index (χ3v) is 2.36. The molecule has 0 aliphatic carbocycles. The summed E-state index contributed by atoms with van der Waals surface area (Å²) in [6.45, 7) is 1.76. The molecule has 1 amide bonds. The second-order valence-corrected chi connectivity index (χ2v) is 3.58. The summed E-state index contributed by atoms with van der Waals surface area (Å²) in [4.78, 5) is 11.4. The first-order valence-electron chi connectivity index (χ1n) is 4.97. The van der Waals surface area contributed by atoms with Gasteiger partial charge in [0.15, 0.2) is 11.5 Å². The number of anilines is 1. The molecule has 1 aromatic carbocycles. The van der Waals surface area contributed by atoms with Crippen molar-refractivity contribution in [2.45, 2.75) is 6.92 Å². The van der Waals surface area contributed by atoms with Crippen molar-refractivity contribution in [2.24, 2.45) is 0 Å². The van der Waals surface area contributed by atoms with Crippen LogP contribution in [0.2, 0.25) is 5.02 Å². The lowest BCUT2D eigenvalue weighted by atomic mass is 10.2. The van der Waals surface area contributed by atoms with Crippen molar-refractivity contribution in [2.75, 3.05) is 19.5 Å². The Labute approximate surface area is 105 Å². The van der Waals surface area contributed by atoms with E-state index >= 15 is 0 Å². The van der Waals surface area contributed by atoms with Crippen LogP contribution in [-0.4, -0.2) is 20.1 Å². The molecule has 0 saturated heterocycles. The van der Waals surface area contributed by atoms with Crippen molar-refractivity contribution in [3.63, 3.8) is 0 Å². The van der Waals surface area contributed by atoms with Gasteiger partial charge in [-0.3, -0.25) is 4.79 Å². The van der Waals surface area contributed by atoms with Crippen LogP contribution >= 0.6 is 11.6 Å². The summed E-state index contributed by atoms with van der Waals surface area (Å²) in [5, 5.41) is 3.03. The van der Waals surface area contributed by atoms with Crippen LogP contribution in [-0.2, 0) is 4.79 Å². The Morgan fingerprint density at radius 2 is 1.88 bits per heavy atom. The Morgan fingerprint density at radius 3 is 2.41 bits per heavy atom. The lowest BCUT2D eigenvalue weighted by Crippen LogP contribution is -2.08. The SMILES string of the molecule is CC=CC(=O)Nc1cc(OC)c(OC)cc1Cl. The summed E-state index contributed by atoms with van der Waals surface area (Å²) >= 11 is 6.01. The Hall–Kier alpha value is -1.68. The molecular weight excluding hydrogens is 242 g/mol.